The lowest BCUT2D eigenvalue weighted by Crippen LogP contribution is -2.25. The predicted octanol–water partition coefficient (Wildman–Crippen LogP) is 2.11. The third-order valence-corrected chi connectivity index (χ3v) is 5.36. The highest BCUT2D eigenvalue weighted by Crippen LogP contribution is 2.34. The predicted molar refractivity (Wildman–Crippen MR) is 90.3 cm³/mol. The number of anilines is 1. The van der Waals surface area contributed by atoms with Gasteiger partial charge in [0.25, 0.3) is 15.9 Å². The number of carbonyl (C=O) groups excluding carboxylic acids is 1. The lowest BCUT2D eigenvalue weighted by Gasteiger charge is -2.09. The van der Waals surface area contributed by atoms with E-state index in [2.05, 4.69) is 10.0 Å². The Morgan fingerprint density at radius 3 is 2.44 bits per heavy atom. The molecule has 4 rings (SSSR count). The average Bonchev–Trinajstić information content (AvgIpc) is 3.28. The van der Waals surface area contributed by atoms with Crippen molar-refractivity contribution >= 4 is 21.6 Å². The van der Waals surface area contributed by atoms with E-state index in [1.807, 2.05) is 0 Å². The Kier molecular flexibility index (Phi) is 3.76. The van der Waals surface area contributed by atoms with Crippen LogP contribution in [-0.2, 0) is 10.0 Å². The maximum absolute atomic E-state index is 12.5. The van der Waals surface area contributed by atoms with Gasteiger partial charge in [-0.1, -0.05) is 0 Å². The fourth-order valence-corrected chi connectivity index (χ4v) is 3.51. The Bertz CT molecular complexity index is 921. The van der Waals surface area contributed by atoms with E-state index in [1.54, 1.807) is 18.2 Å². The van der Waals surface area contributed by atoms with Crippen molar-refractivity contribution in [3.63, 3.8) is 0 Å². The smallest absolute Gasteiger partial charge is 0.261 e. The molecule has 1 amide bonds. The van der Waals surface area contributed by atoms with Gasteiger partial charge < -0.3 is 14.8 Å². The highest BCUT2D eigenvalue weighted by Gasteiger charge is 2.24. The van der Waals surface area contributed by atoms with E-state index < -0.39 is 10.0 Å². The Morgan fingerprint density at radius 1 is 1.00 bits per heavy atom. The first-order chi connectivity index (χ1) is 12.0. The summed E-state index contributed by atoms with van der Waals surface area (Å²) in [7, 11) is -3.76. The molecule has 2 aromatic carbocycles. The molecule has 0 atom stereocenters. The van der Waals surface area contributed by atoms with E-state index in [-0.39, 0.29) is 23.6 Å². The first-order valence-electron chi connectivity index (χ1n) is 7.85. The van der Waals surface area contributed by atoms with Crippen LogP contribution in [0.2, 0.25) is 0 Å². The van der Waals surface area contributed by atoms with Gasteiger partial charge in [-0.3, -0.25) is 9.52 Å². The van der Waals surface area contributed by atoms with Gasteiger partial charge in [-0.25, -0.2) is 8.42 Å². The van der Waals surface area contributed by atoms with E-state index in [0.29, 0.717) is 22.7 Å². The summed E-state index contributed by atoms with van der Waals surface area (Å²) in [5.41, 5.74) is 0.814. The molecule has 0 unspecified atom stereocenters. The summed E-state index contributed by atoms with van der Waals surface area (Å²) >= 11 is 0. The van der Waals surface area contributed by atoms with E-state index >= 15 is 0 Å². The topological polar surface area (TPSA) is 93.7 Å². The number of benzene rings is 2. The first kappa shape index (κ1) is 15.8. The van der Waals surface area contributed by atoms with Crippen molar-refractivity contribution in [3.05, 3.63) is 48.0 Å². The number of carbonyl (C=O) groups is 1. The number of fused-ring (bicyclic) bond motifs is 1. The van der Waals surface area contributed by atoms with Crippen molar-refractivity contribution in [3.8, 4) is 11.5 Å². The van der Waals surface area contributed by atoms with Crippen molar-refractivity contribution in [2.75, 3.05) is 11.5 Å². The van der Waals surface area contributed by atoms with Gasteiger partial charge in [-0.15, -0.1) is 0 Å². The fourth-order valence-electron chi connectivity index (χ4n) is 2.46. The van der Waals surface area contributed by atoms with Gasteiger partial charge in [-0.2, -0.15) is 0 Å². The molecule has 0 bridgehead atoms. The number of hydrogen-bond donors (Lipinski definition) is 2. The number of ether oxygens (including phenoxy) is 2. The summed E-state index contributed by atoms with van der Waals surface area (Å²) in [5.74, 6) is 0.886. The third-order valence-electron chi connectivity index (χ3n) is 3.96. The summed E-state index contributed by atoms with van der Waals surface area (Å²) in [6, 6.07) is 10.9. The van der Waals surface area contributed by atoms with Crippen LogP contribution in [0.4, 0.5) is 5.69 Å². The zero-order chi connectivity index (χ0) is 17.4. The quantitative estimate of drug-likeness (QED) is 0.852. The molecule has 7 nitrogen and oxygen atoms in total. The molecule has 1 aliphatic heterocycles. The average molecular weight is 360 g/mol. The molecule has 1 heterocycles. The molecule has 1 fully saturated rings. The molecular formula is C17H16N2O5S. The lowest BCUT2D eigenvalue weighted by atomic mass is 10.2. The molecule has 8 heteroatoms. The molecular weight excluding hydrogens is 344 g/mol. The highest BCUT2D eigenvalue weighted by molar-refractivity contribution is 7.92. The molecule has 0 aromatic heterocycles. The number of sulfonamides is 1. The van der Waals surface area contributed by atoms with Gasteiger partial charge in [0.2, 0.25) is 6.79 Å². The SMILES string of the molecule is O=C(NC1CC1)c1ccc(S(=O)(=O)Nc2ccc3c(c2)OCO3)cc1. The minimum atomic E-state index is -3.76. The largest absolute Gasteiger partial charge is 0.454 e. The molecule has 1 saturated carbocycles. The molecule has 2 N–H and O–H groups in total. The normalized spacial score (nSPS) is 15.7. The molecule has 0 saturated heterocycles. The molecule has 1 aliphatic carbocycles. The van der Waals surface area contributed by atoms with Crippen molar-refractivity contribution in [1.29, 1.82) is 0 Å². The van der Waals surface area contributed by atoms with Crippen LogP contribution < -0.4 is 19.5 Å². The third kappa shape index (κ3) is 3.39. The Labute approximate surface area is 145 Å². The summed E-state index contributed by atoms with van der Waals surface area (Å²) in [5, 5.41) is 2.86. The maximum Gasteiger partial charge on any atom is 0.261 e. The van der Waals surface area contributed by atoms with Crippen LogP contribution in [0.3, 0.4) is 0 Å². The maximum atomic E-state index is 12.5. The van der Waals surface area contributed by atoms with E-state index in [1.165, 1.54) is 24.3 Å². The van der Waals surface area contributed by atoms with Gasteiger partial charge in [0.05, 0.1) is 10.6 Å². The summed E-state index contributed by atoms with van der Waals surface area (Å²) in [6.07, 6.45) is 2.00. The zero-order valence-corrected chi connectivity index (χ0v) is 14.0. The van der Waals surface area contributed by atoms with E-state index in [4.69, 9.17) is 9.47 Å². The van der Waals surface area contributed by atoms with Gasteiger partial charge >= 0.3 is 0 Å². The summed E-state index contributed by atoms with van der Waals surface area (Å²) in [6.45, 7) is 0.121. The molecule has 2 aliphatic rings. The minimum absolute atomic E-state index is 0.0770. The Balaban J connectivity index is 1.50. The van der Waals surface area contributed by atoms with Gasteiger partial charge in [0, 0.05) is 17.7 Å². The van der Waals surface area contributed by atoms with Crippen LogP contribution in [0.1, 0.15) is 23.2 Å². The van der Waals surface area contributed by atoms with E-state index in [9.17, 15) is 13.2 Å². The number of amides is 1. The van der Waals surface area contributed by atoms with Crippen LogP contribution in [0.15, 0.2) is 47.4 Å². The van der Waals surface area contributed by atoms with Crippen LogP contribution in [0.5, 0.6) is 11.5 Å². The van der Waals surface area contributed by atoms with Crippen molar-refractivity contribution in [2.45, 2.75) is 23.8 Å². The monoisotopic (exact) mass is 360 g/mol. The minimum Gasteiger partial charge on any atom is -0.454 e. The summed E-state index contributed by atoms with van der Waals surface area (Å²) in [4.78, 5) is 12.0. The van der Waals surface area contributed by atoms with Crippen molar-refractivity contribution < 1.29 is 22.7 Å². The van der Waals surface area contributed by atoms with Crippen LogP contribution in [0.25, 0.3) is 0 Å². The Hall–Kier alpha value is -2.74. The van der Waals surface area contributed by atoms with Gasteiger partial charge in [0.1, 0.15) is 0 Å². The van der Waals surface area contributed by atoms with Gasteiger partial charge in [-0.05, 0) is 49.2 Å². The second-order valence-electron chi connectivity index (χ2n) is 5.95. The lowest BCUT2D eigenvalue weighted by molar-refractivity contribution is 0.0951. The zero-order valence-electron chi connectivity index (χ0n) is 13.2. The number of hydrogen-bond acceptors (Lipinski definition) is 5. The van der Waals surface area contributed by atoms with Crippen LogP contribution >= 0.6 is 0 Å². The van der Waals surface area contributed by atoms with Crippen molar-refractivity contribution in [2.24, 2.45) is 0 Å². The number of nitrogens with one attached hydrogen (secondary N) is 2. The Morgan fingerprint density at radius 2 is 1.72 bits per heavy atom. The van der Waals surface area contributed by atoms with Gasteiger partial charge in [0.15, 0.2) is 11.5 Å². The molecule has 2 aromatic rings. The molecule has 25 heavy (non-hydrogen) atoms. The van der Waals surface area contributed by atoms with Crippen LogP contribution in [0, 0.1) is 0 Å². The summed E-state index contributed by atoms with van der Waals surface area (Å²) < 4.78 is 37.9. The van der Waals surface area contributed by atoms with E-state index in [0.717, 1.165) is 12.8 Å². The van der Waals surface area contributed by atoms with Crippen LogP contribution in [-0.4, -0.2) is 27.2 Å². The number of rotatable bonds is 5. The highest BCUT2D eigenvalue weighted by atomic mass is 32.2. The molecule has 130 valence electrons. The fraction of sp³-hybridized carbons (Fsp3) is 0.235. The standard InChI is InChI=1S/C17H16N2O5S/c20-17(18-12-3-4-12)11-1-6-14(7-2-11)25(21,22)19-13-5-8-15-16(9-13)24-10-23-15/h1-2,5-9,12,19H,3-4,10H2,(H,18,20). The second kappa shape index (κ2) is 5.96. The second-order valence-corrected chi connectivity index (χ2v) is 7.63. The molecule has 0 radical (unpaired) electrons. The van der Waals surface area contributed by atoms with Crippen molar-refractivity contribution in [1.82, 2.24) is 5.32 Å². The molecule has 0 spiro atoms. The first-order valence-corrected chi connectivity index (χ1v) is 9.33.